The van der Waals surface area contributed by atoms with Crippen molar-refractivity contribution in [1.29, 1.82) is 0 Å². The Balaban J connectivity index is 1.74. The summed E-state index contributed by atoms with van der Waals surface area (Å²) in [6, 6.07) is 22.1. The second kappa shape index (κ2) is 10.5. The van der Waals surface area contributed by atoms with Crippen LogP contribution in [0.25, 0.3) is 0 Å². The van der Waals surface area contributed by atoms with Crippen LogP contribution in [0, 0.1) is 0 Å². The molecule has 0 heterocycles. The highest BCUT2D eigenvalue weighted by Gasteiger charge is 2.24. The van der Waals surface area contributed by atoms with Gasteiger partial charge in [-0.3, -0.25) is 9.79 Å². The highest BCUT2D eigenvalue weighted by atomic mass is 31.2. The molecule has 196 valence electrons. The van der Waals surface area contributed by atoms with Crippen molar-refractivity contribution in [3.05, 3.63) is 117 Å². The van der Waals surface area contributed by atoms with Gasteiger partial charge in [-0.1, -0.05) is 72.8 Å². The lowest BCUT2D eigenvalue weighted by atomic mass is 9.91. The van der Waals surface area contributed by atoms with Crippen molar-refractivity contribution >= 4 is 7.82 Å². The Kier molecular flexibility index (Phi) is 7.17. The Morgan fingerprint density at radius 2 is 0.921 bits per heavy atom. The minimum atomic E-state index is -4.89. The topological polar surface area (TPSA) is 116 Å². The molecule has 0 spiro atoms. The number of aromatic hydroxyl groups is 2. The highest BCUT2D eigenvalue weighted by Crippen LogP contribution is 2.44. The van der Waals surface area contributed by atoms with Gasteiger partial charge < -0.3 is 19.5 Å². The van der Waals surface area contributed by atoms with Gasteiger partial charge in [0.2, 0.25) is 0 Å². The molecular weight excluding hydrogens is 503 g/mol. The molecule has 0 unspecified atom stereocenters. The molecule has 4 N–H and O–H groups in total. The average Bonchev–Trinajstić information content (AvgIpc) is 2.86. The predicted octanol–water partition coefficient (Wildman–Crippen LogP) is 5.64. The van der Waals surface area contributed by atoms with E-state index >= 15 is 0 Å². The molecule has 8 heteroatoms. The van der Waals surface area contributed by atoms with Crippen molar-refractivity contribution in [3.8, 4) is 23.0 Å². The molecule has 7 nitrogen and oxygen atoms in total. The third kappa shape index (κ3) is 5.41. The molecule has 38 heavy (non-hydrogen) atoms. The fraction of sp³-hybridized carbons (Fsp3) is 0.200. The van der Waals surface area contributed by atoms with Crippen LogP contribution in [-0.4, -0.2) is 26.6 Å². The van der Waals surface area contributed by atoms with Crippen LogP contribution in [0.2, 0.25) is 0 Å². The van der Waals surface area contributed by atoms with Gasteiger partial charge in [0, 0.05) is 25.7 Å². The first-order valence-corrected chi connectivity index (χ1v) is 14.0. The molecule has 0 radical (unpaired) electrons. The fourth-order valence-corrected chi connectivity index (χ4v) is 5.55. The lowest BCUT2D eigenvalue weighted by Crippen LogP contribution is -2.05. The SMILES string of the molecule is CCOc1c2cccc1Cc1cccc(c1O)Cc1cccc(c1OP(=O)(O)O)Cc1cccc(c1O)C2. The van der Waals surface area contributed by atoms with E-state index in [9.17, 15) is 24.6 Å². The molecule has 4 aromatic carbocycles. The standard InChI is InChI=1S/C30H29O7P/c1-2-36-29-23-11-5-12-24(29)16-20-8-4-10-22(28(20)32)18-26-14-6-13-25(30(26)37-38(33,34)35)17-21-9-3-7-19(15-23)27(21)31/h3-14,31-32H,2,15-18H2,1H3,(H2,33,34,35). The van der Waals surface area contributed by atoms with E-state index in [2.05, 4.69) is 0 Å². The smallest absolute Gasteiger partial charge is 0.507 e. The molecule has 1 aliphatic carbocycles. The van der Waals surface area contributed by atoms with Crippen LogP contribution >= 0.6 is 7.82 Å². The van der Waals surface area contributed by atoms with Gasteiger partial charge in [-0.15, -0.1) is 0 Å². The Labute approximate surface area is 221 Å². The van der Waals surface area contributed by atoms with E-state index in [1.165, 1.54) is 0 Å². The van der Waals surface area contributed by atoms with Crippen molar-refractivity contribution < 1.29 is 33.8 Å². The monoisotopic (exact) mass is 532 g/mol. The summed E-state index contributed by atoms with van der Waals surface area (Å²) in [5.41, 5.74) is 5.44. The lowest BCUT2D eigenvalue weighted by Gasteiger charge is -2.20. The molecule has 0 saturated carbocycles. The summed E-state index contributed by atoms with van der Waals surface area (Å²) in [5.74, 6) is 1.01. The number of para-hydroxylation sites is 4. The van der Waals surface area contributed by atoms with Crippen molar-refractivity contribution in [2.24, 2.45) is 0 Å². The maximum atomic E-state index is 11.9. The molecule has 8 bridgehead atoms. The molecule has 0 saturated heterocycles. The Hall–Kier alpha value is -3.77. The molecule has 0 fully saturated rings. The number of phenolic OH excluding ortho intramolecular Hbond substituents is 2. The van der Waals surface area contributed by atoms with Gasteiger partial charge in [0.25, 0.3) is 0 Å². The van der Waals surface area contributed by atoms with E-state index in [-0.39, 0.29) is 30.1 Å². The van der Waals surface area contributed by atoms with Gasteiger partial charge in [-0.25, -0.2) is 4.57 Å². The quantitative estimate of drug-likeness (QED) is 0.221. The minimum absolute atomic E-state index is 0.0476. The summed E-state index contributed by atoms with van der Waals surface area (Å²) in [7, 11) is -4.89. The summed E-state index contributed by atoms with van der Waals surface area (Å²) < 4.78 is 23.2. The Bertz CT molecular complexity index is 1450. The summed E-state index contributed by atoms with van der Waals surface area (Å²) in [6.45, 7) is 2.40. The van der Waals surface area contributed by atoms with Crippen LogP contribution in [-0.2, 0) is 30.2 Å². The molecule has 4 aromatic rings. The number of hydrogen-bond donors (Lipinski definition) is 4. The van der Waals surface area contributed by atoms with Crippen molar-refractivity contribution in [1.82, 2.24) is 0 Å². The maximum Gasteiger partial charge on any atom is 0.524 e. The van der Waals surface area contributed by atoms with Gasteiger partial charge in [0.15, 0.2) is 0 Å². The third-order valence-electron chi connectivity index (χ3n) is 6.79. The van der Waals surface area contributed by atoms with Crippen LogP contribution in [0.15, 0.2) is 72.8 Å². The van der Waals surface area contributed by atoms with Crippen LogP contribution in [0.1, 0.15) is 51.4 Å². The largest absolute Gasteiger partial charge is 0.524 e. The van der Waals surface area contributed by atoms with Crippen LogP contribution in [0.5, 0.6) is 23.0 Å². The normalized spacial score (nSPS) is 13.1. The van der Waals surface area contributed by atoms with E-state index in [4.69, 9.17) is 9.26 Å². The summed E-state index contributed by atoms with van der Waals surface area (Å²) in [4.78, 5) is 19.4. The average molecular weight is 533 g/mol. The van der Waals surface area contributed by atoms with Crippen molar-refractivity contribution in [2.75, 3.05) is 6.61 Å². The second-order valence-corrected chi connectivity index (χ2v) is 10.5. The van der Waals surface area contributed by atoms with E-state index in [1.54, 1.807) is 30.3 Å². The number of hydrogen-bond acceptors (Lipinski definition) is 5. The van der Waals surface area contributed by atoms with Crippen molar-refractivity contribution in [2.45, 2.75) is 32.6 Å². The number of phosphoric ester groups is 1. The molecule has 0 amide bonds. The van der Waals surface area contributed by atoms with Gasteiger partial charge in [0.1, 0.15) is 23.0 Å². The summed E-state index contributed by atoms with van der Waals surface area (Å²) in [6.07, 6.45) is 1.21. The molecule has 5 rings (SSSR count). The van der Waals surface area contributed by atoms with Gasteiger partial charge in [0.05, 0.1) is 6.61 Å². The number of rotatable bonds is 4. The maximum absolute atomic E-state index is 11.9. The molecule has 0 aliphatic heterocycles. The first-order chi connectivity index (χ1) is 18.2. The number of ether oxygens (including phenoxy) is 1. The van der Waals surface area contributed by atoms with E-state index < -0.39 is 7.82 Å². The van der Waals surface area contributed by atoms with E-state index in [0.29, 0.717) is 52.8 Å². The Morgan fingerprint density at radius 3 is 1.24 bits per heavy atom. The molecular formula is C30H29O7P. The zero-order valence-electron chi connectivity index (χ0n) is 20.9. The predicted molar refractivity (Wildman–Crippen MR) is 144 cm³/mol. The first kappa shape index (κ1) is 25.9. The second-order valence-electron chi connectivity index (χ2n) is 9.38. The fourth-order valence-electron chi connectivity index (χ4n) is 5.08. The molecule has 0 atom stereocenters. The number of phosphoric acid groups is 1. The van der Waals surface area contributed by atoms with Crippen molar-refractivity contribution in [3.63, 3.8) is 0 Å². The van der Waals surface area contributed by atoms with Crippen LogP contribution < -0.4 is 9.26 Å². The number of fused-ring (bicyclic) bond motifs is 8. The van der Waals surface area contributed by atoms with Gasteiger partial charge in [-0.2, -0.15) is 0 Å². The van der Waals surface area contributed by atoms with E-state index in [0.717, 1.165) is 16.9 Å². The Morgan fingerprint density at radius 1 is 0.605 bits per heavy atom. The molecule has 0 aromatic heterocycles. The van der Waals surface area contributed by atoms with Crippen LogP contribution in [0.4, 0.5) is 0 Å². The van der Waals surface area contributed by atoms with Gasteiger partial charge in [-0.05, 0) is 51.4 Å². The summed E-state index contributed by atoms with van der Waals surface area (Å²) in [5, 5.41) is 22.5. The number of phenols is 2. The number of benzene rings is 4. The zero-order chi connectivity index (χ0) is 26.9. The summed E-state index contributed by atoms with van der Waals surface area (Å²) >= 11 is 0. The van der Waals surface area contributed by atoms with Crippen LogP contribution in [0.3, 0.4) is 0 Å². The lowest BCUT2D eigenvalue weighted by molar-refractivity contribution is 0.281. The first-order valence-electron chi connectivity index (χ1n) is 12.4. The molecule has 1 aliphatic rings. The van der Waals surface area contributed by atoms with Gasteiger partial charge >= 0.3 is 7.82 Å². The third-order valence-corrected chi connectivity index (χ3v) is 7.21. The highest BCUT2D eigenvalue weighted by molar-refractivity contribution is 7.46. The van der Waals surface area contributed by atoms with E-state index in [1.807, 2.05) is 49.4 Å². The minimum Gasteiger partial charge on any atom is -0.507 e. The zero-order valence-corrected chi connectivity index (χ0v) is 21.8.